The average Bonchev–Trinajstić information content (AvgIpc) is 3.18. The highest BCUT2D eigenvalue weighted by Crippen LogP contribution is 2.38. The maximum atomic E-state index is 12.6. The lowest BCUT2D eigenvalue weighted by Crippen LogP contribution is -2.49. The molecule has 2 rings (SSSR count). The number of carbonyl (C=O) groups excluding carboxylic acids is 1. The number of carbonyl (C=O) groups is 1. The lowest BCUT2D eigenvalue weighted by atomic mass is 9.84. The second kappa shape index (κ2) is 9.35. The van der Waals surface area contributed by atoms with Crippen LogP contribution in [0.4, 0.5) is 0 Å². The Kier molecular flexibility index (Phi) is 8.10. The Morgan fingerprint density at radius 1 is 1.36 bits per heavy atom. The van der Waals surface area contributed by atoms with Gasteiger partial charge in [0, 0.05) is 41.8 Å². The van der Waals surface area contributed by atoms with Gasteiger partial charge >= 0.3 is 0 Å². The molecule has 9 heteroatoms. The summed E-state index contributed by atoms with van der Waals surface area (Å²) in [4.78, 5) is 24.9. The highest BCUT2D eigenvalue weighted by atomic mass is 127. The summed E-state index contributed by atoms with van der Waals surface area (Å²) >= 11 is 0. The van der Waals surface area contributed by atoms with Gasteiger partial charge < -0.3 is 15.1 Å². The summed E-state index contributed by atoms with van der Waals surface area (Å²) < 4.78 is 1.75. The van der Waals surface area contributed by atoms with Crippen molar-refractivity contribution in [1.29, 1.82) is 0 Å². The summed E-state index contributed by atoms with van der Waals surface area (Å²) in [5.41, 5.74) is -0.314. The van der Waals surface area contributed by atoms with Crippen LogP contribution in [0.25, 0.3) is 0 Å². The number of hydrogen-bond donors (Lipinski definition) is 1. The van der Waals surface area contributed by atoms with Crippen molar-refractivity contribution in [2.75, 3.05) is 34.7 Å². The number of aryl methyl sites for hydroxylation is 1. The maximum Gasteiger partial charge on any atom is 0.230 e. The van der Waals surface area contributed by atoms with Gasteiger partial charge in [0.15, 0.2) is 5.96 Å². The first kappa shape index (κ1) is 21.7. The van der Waals surface area contributed by atoms with E-state index in [2.05, 4.69) is 20.4 Å². The van der Waals surface area contributed by atoms with E-state index in [4.69, 9.17) is 0 Å². The molecule has 0 radical (unpaired) electrons. The van der Waals surface area contributed by atoms with E-state index in [-0.39, 0.29) is 35.3 Å². The molecule has 8 nitrogen and oxygen atoms in total. The Balaban J connectivity index is 0.00000312. The van der Waals surface area contributed by atoms with Gasteiger partial charge in [0.1, 0.15) is 12.2 Å². The average molecular weight is 463 g/mol. The third-order valence-electron chi connectivity index (χ3n) is 4.76. The van der Waals surface area contributed by atoms with Crippen molar-refractivity contribution < 1.29 is 4.79 Å². The lowest BCUT2D eigenvalue weighted by Gasteiger charge is -2.32. The lowest BCUT2D eigenvalue weighted by molar-refractivity contribution is -0.138. The summed E-state index contributed by atoms with van der Waals surface area (Å²) in [5, 5.41) is 7.48. The smallest absolute Gasteiger partial charge is 0.230 e. The number of amides is 1. The van der Waals surface area contributed by atoms with Crippen LogP contribution in [0.1, 0.15) is 31.5 Å². The van der Waals surface area contributed by atoms with Crippen LogP contribution < -0.4 is 5.32 Å². The molecule has 0 spiro atoms. The SMILES string of the molecule is CN=C(NCC1(C(=O)N(C)C)CCCC1)N(C)Cc1ncnn1C.I. The predicted octanol–water partition coefficient (Wildman–Crippen LogP) is 1.09. The summed E-state index contributed by atoms with van der Waals surface area (Å²) in [6.45, 7) is 1.21. The molecule has 25 heavy (non-hydrogen) atoms. The Morgan fingerprint density at radius 3 is 2.48 bits per heavy atom. The van der Waals surface area contributed by atoms with E-state index in [1.807, 2.05) is 33.1 Å². The molecule has 0 bridgehead atoms. The van der Waals surface area contributed by atoms with E-state index in [0.717, 1.165) is 37.5 Å². The van der Waals surface area contributed by atoms with Crippen molar-refractivity contribution in [1.82, 2.24) is 29.9 Å². The van der Waals surface area contributed by atoms with E-state index in [9.17, 15) is 4.79 Å². The molecule has 1 aliphatic carbocycles. The largest absolute Gasteiger partial charge is 0.355 e. The van der Waals surface area contributed by atoms with Gasteiger partial charge in [0.05, 0.1) is 12.0 Å². The number of nitrogens with one attached hydrogen (secondary N) is 1. The molecule has 0 atom stereocenters. The first-order valence-corrected chi connectivity index (χ1v) is 8.36. The molecule has 0 saturated heterocycles. The number of nitrogens with zero attached hydrogens (tertiary/aromatic N) is 6. The first-order chi connectivity index (χ1) is 11.4. The van der Waals surface area contributed by atoms with Crippen LogP contribution >= 0.6 is 24.0 Å². The number of hydrogen-bond acceptors (Lipinski definition) is 4. The van der Waals surface area contributed by atoms with Gasteiger partial charge in [0.25, 0.3) is 0 Å². The fraction of sp³-hybridized carbons (Fsp3) is 0.750. The molecule has 1 amide bonds. The maximum absolute atomic E-state index is 12.6. The standard InChI is InChI=1S/C16H29N7O.HI/c1-17-15(22(4)10-13-19-12-20-23(13)5)18-11-16(8-6-7-9-16)14(24)21(2)3;/h12H,6-11H2,1-5H3,(H,17,18);1H. The Bertz CT molecular complexity index is 593. The number of rotatable bonds is 5. The number of aliphatic imine (C=N–C) groups is 1. The molecule has 142 valence electrons. The van der Waals surface area contributed by atoms with Crippen molar-refractivity contribution in [3.63, 3.8) is 0 Å². The van der Waals surface area contributed by atoms with Crippen molar-refractivity contribution >= 4 is 35.8 Å². The zero-order valence-corrected chi connectivity index (χ0v) is 18.2. The zero-order chi connectivity index (χ0) is 17.7. The molecule has 0 aromatic carbocycles. The molecule has 1 saturated carbocycles. The van der Waals surface area contributed by atoms with Gasteiger partial charge in [-0.05, 0) is 12.8 Å². The number of aromatic nitrogens is 3. The van der Waals surface area contributed by atoms with Crippen LogP contribution in [0.15, 0.2) is 11.3 Å². The molecular formula is C16H30IN7O. The van der Waals surface area contributed by atoms with E-state index in [1.165, 1.54) is 0 Å². The minimum absolute atomic E-state index is 0. The van der Waals surface area contributed by atoms with Gasteiger partial charge in [-0.25, -0.2) is 4.98 Å². The summed E-state index contributed by atoms with van der Waals surface area (Å²) in [7, 11) is 9.24. The van der Waals surface area contributed by atoms with E-state index in [1.54, 1.807) is 23.0 Å². The van der Waals surface area contributed by atoms with Crippen LogP contribution in [0, 0.1) is 5.41 Å². The normalized spacial score (nSPS) is 16.3. The van der Waals surface area contributed by atoms with Crippen molar-refractivity contribution in [3.05, 3.63) is 12.2 Å². The molecule has 1 aliphatic rings. The number of guanidine groups is 1. The fourth-order valence-electron chi connectivity index (χ4n) is 3.38. The molecule has 1 aromatic heterocycles. The molecule has 1 N–H and O–H groups in total. The molecule has 1 heterocycles. The highest BCUT2D eigenvalue weighted by Gasteiger charge is 2.42. The minimum atomic E-state index is -0.314. The van der Waals surface area contributed by atoms with Crippen molar-refractivity contribution in [2.45, 2.75) is 32.2 Å². The third kappa shape index (κ3) is 5.05. The Morgan fingerprint density at radius 2 is 2.00 bits per heavy atom. The molecule has 0 aliphatic heterocycles. The zero-order valence-electron chi connectivity index (χ0n) is 15.8. The summed E-state index contributed by atoms with van der Waals surface area (Å²) in [5.74, 6) is 1.83. The summed E-state index contributed by atoms with van der Waals surface area (Å²) in [6.07, 6.45) is 5.62. The Labute approximate surface area is 167 Å². The van der Waals surface area contributed by atoms with Crippen molar-refractivity contribution in [2.24, 2.45) is 17.5 Å². The first-order valence-electron chi connectivity index (χ1n) is 8.36. The van der Waals surface area contributed by atoms with Gasteiger partial charge in [-0.15, -0.1) is 24.0 Å². The van der Waals surface area contributed by atoms with E-state index in [0.29, 0.717) is 13.1 Å². The monoisotopic (exact) mass is 463 g/mol. The minimum Gasteiger partial charge on any atom is -0.355 e. The van der Waals surface area contributed by atoms with Crippen LogP contribution in [0.3, 0.4) is 0 Å². The molecular weight excluding hydrogens is 433 g/mol. The van der Waals surface area contributed by atoms with Crippen molar-refractivity contribution in [3.8, 4) is 0 Å². The van der Waals surface area contributed by atoms with Crippen LogP contribution in [-0.4, -0.2) is 71.2 Å². The Hall–Kier alpha value is -1.39. The van der Waals surface area contributed by atoms with E-state index >= 15 is 0 Å². The van der Waals surface area contributed by atoms with Gasteiger partial charge in [0.2, 0.25) is 5.91 Å². The quantitative estimate of drug-likeness (QED) is 0.402. The molecule has 0 unspecified atom stereocenters. The van der Waals surface area contributed by atoms with Crippen LogP contribution in [0.2, 0.25) is 0 Å². The van der Waals surface area contributed by atoms with Gasteiger partial charge in [-0.2, -0.15) is 5.10 Å². The van der Waals surface area contributed by atoms with E-state index < -0.39 is 0 Å². The third-order valence-corrected chi connectivity index (χ3v) is 4.76. The second-order valence-electron chi connectivity index (χ2n) is 6.74. The topological polar surface area (TPSA) is 78.7 Å². The van der Waals surface area contributed by atoms with Crippen LogP contribution in [0.5, 0.6) is 0 Å². The second-order valence-corrected chi connectivity index (χ2v) is 6.74. The van der Waals surface area contributed by atoms with Gasteiger partial charge in [-0.3, -0.25) is 14.5 Å². The van der Waals surface area contributed by atoms with Crippen LogP contribution in [-0.2, 0) is 18.4 Å². The molecule has 1 aromatic rings. The highest BCUT2D eigenvalue weighted by molar-refractivity contribution is 14.0. The van der Waals surface area contributed by atoms with Gasteiger partial charge in [-0.1, -0.05) is 12.8 Å². The molecule has 1 fully saturated rings. The predicted molar refractivity (Wildman–Crippen MR) is 109 cm³/mol. The fourth-order valence-corrected chi connectivity index (χ4v) is 3.38. The summed E-state index contributed by atoms with van der Waals surface area (Å²) in [6, 6.07) is 0. The number of halogens is 1.